The van der Waals surface area contributed by atoms with Gasteiger partial charge in [0.15, 0.2) is 6.10 Å². The highest BCUT2D eigenvalue weighted by Gasteiger charge is 2.39. The molecule has 1 unspecified atom stereocenters. The molecule has 9 nitrogen and oxygen atoms in total. The molecular weight excluding hydrogens is 530 g/mol. The first-order valence-electron chi connectivity index (χ1n) is 13.5. The Morgan fingerprint density at radius 3 is 2.33 bits per heavy atom. The summed E-state index contributed by atoms with van der Waals surface area (Å²) in [4.78, 5) is 28.6. The van der Waals surface area contributed by atoms with Crippen LogP contribution in [0, 0.1) is 5.92 Å². The number of carbonyl (C=O) groups excluding carboxylic acids is 2. The second kappa shape index (κ2) is 12.1. The molecule has 1 atom stereocenters. The highest BCUT2D eigenvalue weighted by atomic mass is 32.2. The third-order valence-electron chi connectivity index (χ3n) is 7.22. The van der Waals surface area contributed by atoms with E-state index >= 15 is 0 Å². The van der Waals surface area contributed by atoms with E-state index in [1.807, 2.05) is 43.3 Å². The van der Waals surface area contributed by atoms with Gasteiger partial charge in [0, 0.05) is 25.6 Å². The van der Waals surface area contributed by atoms with Gasteiger partial charge in [-0.3, -0.25) is 9.59 Å². The van der Waals surface area contributed by atoms with Gasteiger partial charge in [-0.15, -0.1) is 0 Å². The van der Waals surface area contributed by atoms with Gasteiger partial charge in [-0.1, -0.05) is 42.5 Å². The average molecular weight is 564 g/mol. The van der Waals surface area contributed by atoms with E-state index in [1.54, 1.807) is 47.4 Å². The van der Waals surface area contributed by atoms with Crippen molar-refractivity contribution >= 4 is 27.5 Å². The normalized spacial score (nSPS) is 17.9. The van der Waals surface area contributed by atoms with Crippen molar-refractivity contribution in [3.8, 4) is 11.5 Å². The van der Waals surface area contributed by atoms with Crippen LogP contribution in [-0.2, 0) is 26.2 Å². The molecule has 3 aromatic rings. The lowest BCUT2D eigenvalue weighted by Gasteiger charge is -2.38. The van der Waals surface area contributed by atoms with Crippen LogP contribution in [0.4, 0.5) is 5.69 Å². The van der Waals surface area contributed by atoms with Gasteiger partial charge in [0.05, 0.1) is 23.7 Å². The Balaban J connectivity index is 1.24. The first kappa shape index (κ1) is 27.7. The lowest BCUT2D eigenvalue weighted by Crippen LogP contribution is -2.53. The number of nitrogens with one attached hydrogen (secondary N) is 1. The van der Waals surface area contributed by atoms with Crippen LogP contribution < -0.4 is 19.7 Å². The third kappa shape index (κ3) is 5.97. The van der Waals surface area contributed by atoms with Crippen molar-refractivity contribution in [3.63, 3.8) is 0 Å². The summed E-state index contributed by atoms with van der Waals surface area (Å²) < 4.78 is 39.2. The van der Waals surface area contributed by atoms with E-state index in [-0.39, 0.29) is 42.3 Å². The van der Waals surface area contributed by atoms with Crippen molar-refractivity contribution in [2.24, 2.45) is 5.92 Å². The van der Waals surface area contributed by atoms with Crippen molar-refractivity contribution in [2.75, 3.05) is 31.1 Å². The zero-order chi connectivity index (χ0) is 28.1. The minimum Gasteiger partial charge on any atom is -0.494 e. The van der Waals surface area contributed by atoms with Gasteiger partial charge in [-0.05, 0) is 61.7 Å². The quantitative estimate of drug-likeness (QED) is 0.449. The number of hydrogen-bond acceptors (Lipinski definition) is 6. The number of nitrogens with zero attached hydrogens (tertiary/aromatic N) is 2. The smallest absolute Gasteiger partial charge is 0.263 e. The molecule has 0 bridgehead atoms. The summed E-state index contributed by atoms with van der Waals surface area (Å²) in [5.74, 6) is 0.286. The first-order valence-corrected chi connectivity index (χ1v) is 14.9. The largest absolute Gasteiger partial charge is 0.494 e. The average Bonchev–Trinajstić information content (AvgIpc) is 3.00. The number of sulfonamides is 1. The standard InChI is InChI=1S/C30H33N3O6S/c1-2-38-24-12-14-25(15-13-24)40(36,37)32-18-16-23(17-19-32)30(35)33-21-28(39-27-11-7-6-10-26(27)33)29(34)31-20-22-8-4-3-5-9-22/h3-15,23,28H,2,16-21H2,1H3,(H,31,34). The van der Waals surface area contributed by atoms with Crippen LogP contribution in [0.1, 0.15) is 25.3 Å². The summed E-state index contributed by atoms with van der Waals surface area (Å²) in [6.45, 7) is 3.28. The first-order chi connectivity index (χ1) is 19.4. The maximum absolute atomic E-state index is 13.7. The van der Waals surface area contributed by atoms with Crippen LogP contribution in [0.25, 0.3) is 0 Å². The molecule has 10 heteroatoms. The Morgan fingerprint density at radius 1 is 0.950 bits per heavy atom. The van der Waals surface area contributed by atoms with Crippen molar-refractivity contribution < 1.29 is 27.5 Å². The van der Waals surface area contributed by atoms with E-state index in [0.29, 0.717) is 43.2 Å². The van der Waals surface area contributed by atoms with E-state index in [9.17, 15) is 18.0 Å². The lowest BCUT2D eigenvalue weighted by molar-refractivity contribution is -0.129. The third-order valence-corrected chi connectivity index (χ3v) is 9.13. The maximum atomic E-state index is 13.7. The van der Waals surface area contributed by atoms with Crippen LogP contribution in [0.15, 0.2) is 83.8 Å². The summed E-state index contributed by atoms with van der Waals surface area (Å²) in [5.41, 5.74) is 1.58. The van der Waals surface area contributed by atoms with Crippen LogP contribution in [0.5, 0.6) is 11.5 Å². The summed E-state index contributed by atoms with van der Waals surface area (Å²) in [6.07, 6.45) is -0.0819. The predicted octanol–water partition coefficient (Wildman–Crippen LogP) is 3.60. The van der Waals surface area contributed by atoms with Crippen LogP contribution >= 0.6 is 0 Å². The molecule has 2 amide bonds. The maximum Gasteiger partial charge on any atom is 0.263 e. The van der Waals surface area contributed by atoms with Gasteiger partial charge in [0.2, 0.25) is 15.9 Å². The topological polar surface area (TPSA) is 105 Å². The van der Waals surface area contributed by atoms with Crippen molar-refractivity contribution in [1.29, 1.82) is 0 Å². The number of ether oxygens (including phenoxy) is 2. The number of fused-ring (bicyclic) bond motifs is 1. The predicted molar refractivity (Wildman–Crippen MR) is 151 cm³/mol. The van der Waals surface area contributed by atoms with Gasteiger partial charge in [-0.25, -0.2) is 8.42 Å². The molecule has 5 rings (SSSR count). The van der Waals surface area contributed by atoms with Gasteiger partial charge in [-0.2, -0.15) is 4.31 Å². The van der Waals surface area contributed by atoms with E-state index in [0.717, 1.165) is 5.56 Å². The van der Waals surface area contributed by atoms with E-state index in [2.05, 4.69) is 5.32 Å². The number of anilines is 1. The Labute approximate surface area is 234 Å². The highest BCUT2D eigenvalue weighted by Crippen LogP contribution is 2.36. The fourth-order valence-corrected chi connectivity index (χ4v) is 6.54. The number of carbonyl (C=O) groups is 2. The summed E-state index contributed by atoms with van der Waals surface area (Å²) in [6, 6.07) is 23.1. The van der Waals surface area contributed by atoms with Crippen molar-refractivity contribution in [2.45, 2.75) is 37.3 Å². The van der Waals surface area contributed by atoms with E-state index in [1.165, 1.54) is 4.31 Å². The Morgan fingerprint density at radius 2 is 1.62 bits per heavy atom. The molecule has 0 saturated carbocycles. The molecular formula is C30H33N3O6S. The molecule has 210 valence electrons. The van der Waals surface area contributed by atoms with Crippen molar-refractivity contribution in [1.82, 2.24) is 9.62 Å². The zero-order valence-electron chi connectivity index (χ0n) is 22.4. The monoisotopic (exact) mass is 563 g/mol. The van der Waals surface area contributed by atoms with Crippen LogP contribution in [-0.4, -0.2) is 56.9 Å². The SMILES string of the molecule is CCOc1ccc(S(=O)(=O)N2CCC(C(=O)N3CC(C(=O)NCc4ccccc4)Oc4ccccc43)CC2)cc1. The summed E-state index contributed by atoms with van der Waals surface area (Å²) in [5, 5.41) is 2.90. The molecule has 1 fully saturated rings. The molecule has 0 spiro atoms. The molecule has 2 aliphatic rings. The molecule has 3 aromatic carbocycles. The molecule has 40 heavy (non-hydrogen) atoms. The van der Waals surface area contributed by atoms with Crippen LogP contribution in [0.2, 0.25) is 0 Å². The second-order valence-electron chi connectivity index (χ2n) is 9.81. The summed E-state index contributed by atoms with van der Waals surface area (Å²) >= 11 is 0. The van der Waals surface area contributed by atoms with Gasteiger partial charge < -0.3 is 19.7 Å². The molecule has 0 radical (unpaired) electrons. The number of piperidine rings is 1. The Hall–Kier alpha value is -3.89. The number of amides is 2. The lowest BCUT2D eigenvalue weighted by atomic mass is 9.95. The second-order valence-corrected chi connectivity index (χ2v) is 11.7. The van der Waals surface area contributed by atoms with E-state index < -0.39 is 16.1 Å². The highest BCUT2D eigenvalue weighted by molar-refractivity contribution is 7.89. The number of para-hydroxylation sites is 2. The molecule has 1 N–H and O–H groups in total. The van der Waals surface area contributed by atoms with Gasteiger partial charge >= 0.3 is 0 Å². The number of benzene rings is 3. The van der Waals surface area contributed by atoms with Gasteiger partial charge in [0.1, 0.15) is 11.5 Å². The fourth-order valence-electron chi connectivity index (χ4n) is 5.07. The molecule has 0 aromatic heterocycles. The molecule has 2 heterocycles. The Bertz CT molecular complexity index is 1440. The molecule has 2 aliphatic heterocycles. The zero-order valence-corrected chi connectivity index (χ0v) is 23.2. The van der Waals surface area contributed by atoms with Crippen LogP contribution in [0.3, 0.4) is 0 Å². The number of rotatable bonds is 8. The Kier molecular flexibility index (Phi) is 8.37. The van der Waals surface area contributed by atoms with Crippen molar-refractivity contribution in [3.05, 3.63) is 84.4 Å². The molecule has 1 saturated heterocycles. The summed E-state index contributed by atoms with van der Waals surface area (Å²) in [7, 11) is -3.69. The van der Waals surface area contributed by atoms with E-state index in [4.69, 9.17) is 9.47 Å². The minimum absolute atomic E-state index is 0.0845. The number of hydrogen-bond donors (Lipinski definition) is 1. The fraction of sp³-hybridized carbons (Fsp3) is 0.333. The minimum atomic E-state index is -3.69. The van der Waals surface area contributed by atoms with Gasteiger partial charge in [0.25, 0.3) is 5.91 Å². The molecule has 0 aliphatic carbocycles.